The van der Waals surface area contributed by atoms with Crippen molar-refractivity contribution in [3.8, 4) is 18.1 Å². The van der Waals surface area contributed by atoms with Gasteiger partial charge in [0.15, 0.2) is 0 Å². The van der Waals surface area contributed by atoms with Gasteiger partial charge >= 0.3 is 0 Å². The molecule has 4 N–H and O–H groups in total. The number of nitrogens with two attached hydrogens (primary N) is 1. The third-order valence-electron chi connectivity index (χ3n) is 6.78. The summed E-state index contributed by atoms with van der Waals surface area (Å²) in [6, 6.07) is 5.82. The number of ether oxygens (including phenoxy) is 1. The third kappa shape index (κ3) is 4.59. The SMILES string of the molecule is C#CCNC(=O)c1cc2c(cc1OC)/C(=C/c1[nH]c(C)cc1C)C(=O)N2CC1CCC(N)CC1. The largest absolute Gasteiger partial charge is 0.496 e. The first-order valence-corrected chi connectivity index (χ1v) is 11.7. The summed E-state index contributed by atoms with van der Waals surface area (Å²) < 4.78 is 5.54. The number of nitrogens with zero attached hydrogens (tertiary/aromatic N) is 1. The van der Waals surface area contributed by atoms with Crippen LogP contribution in [0.25, 0.3) is 11.6 Å². The number of fused-ring (bicyclic) bond motifs is 1. The van der Waals surface area contributed by atoms with Gasteiger partial charge in [-0.05, 0) is 75.3 Å². The molecule has 4 rings (SSSR count). The summed E-state index contributed by atoms with van der Waals surface area (Å²) in [5.74, 6) is 2.78. The molecule has 34 heavy (non-hydrogen) atoms. The van der Waals surface area contributed by atoms with Gasteiger partial charge in [0.05, 0.1) is 30.5 Å². The number of rotatable bonds is 6. The predicted molar refractivity (Wildman–Crippen MR) is 135 cm³/mol. The molecule has 1 aromatic carbocycles. The molecule has 0 unspecified atom stereocenters. The summed E-state index contributed by atoms with van der Waals surface area (Å²) in [7, 11) is 1.52. The number of hydrogen-bond acceptors (Lipinski definition) is 4. The molecule has 2 heterocycles. The fraction of sp³-hybridized carbons (Fsp3) is 0.407. The molecule has 2 aromatic rings. The first-order chi connectivity index (χ1) is 16.3. The van der Waals surface area contributed by atoms with Crippen LogP contribution >= 0.6 is 0 Å². The van der Waals surface area contributed by atoms with E-state index in [1.807, 2.05) is 24.8 Å². The Hall–Kier alpha value is -3.50. The van der Waals surface area contributed by atoms with Crippen LogP contribution in [0.3, 0.4) is 0 Å². The number of carbonyl (C=O) groups is 2. The van der Waals surface area contributed by atoms with Crippen LogP contribution in [0.5, 0.6) is 5.75 Å². The van der Waals surface area contributed by atoms with E-state index >= 15 is 0 Å². The van der Waals surface area contributed by atoms with Crippen LogP contribution in [0.4, 0.5) is 5.69 Å². The van der Waals surface area contributed by atoms with E-state index in [4.69, 9.17) is 16.9 Å². The first kappa shape index (κ1) is 23.7. The molecule has 0 atom stereocenters. The summed E-state index contributed by atoms with van der Waals surface area (Å²) in [6.07, 6.45) is 11.1. The average molecular weight is 461 g/mol. The molecule has 0 saturated heterocycles. The molecule has 1 aromatic heterocycles. The molecule has 0 spiro atoms. The van der Waals surface area contributed by atoms with Gasteiger partial charge in [-0.2, -0.15) is 0 Å². The lowest BCUT2D eigenvalue weighted by Gasteiger charge is -2.30. The average Bonchev–Trinajstić information content (AvgIpc) is 3.27. The number of aromatic nitrogens is 1. The van der Waals surface area contributed by atoms with Gasteiger partial charge < -0.3 is 25.7 Å². The van der Waals surface area contributed by atoms with Crippen molar-refractivity contribution in [1.29, 1.82) is 0 Å². The van der Waals surface area contributed by atoms with E-state index < -0.39 is 0 Å². The highest BCUT2D eigenvalue weighted by atomic mass is 16.5. The van der Waals surface area contributed by atoms with E-state index in [1.165, 1.54) is 7.11 Å². The summed E-state index contributed by atoms with van der Waals surface area (Å²) in [5.41, 5.74) is 11.5. The molecular formula is C27H32N4O3. The number of carbonyl (C=O) groups excluding carboxylic acids is 2. The van der Waals surface area contributed by atoms with E-state index in [1.54, 1.807) is 12.1 Å². The minimum absolute atomic E-state index is 0.0697. The number of terminal acetylenes is 1. The Bertz CT molecular complexity index is 1180. The molecule has 7 nitrogen and oxygen atoms in total. The standard InChI is InChI=1S/C27H32N4O3/c1-5-10-29-26(32)22-13-24-20(14-25(22)34-4)21(12-23-16(2)11-17(3)30-23)27(33)31(24)15-18-6-8-19(28)9-7-18/h1,11-14,18-19,30H,6-10,15,28H2,2-4H3,(H,29,32)/b21-12-. The topological polar surface area (TPSA) is 100 Å². The summed E-state index contributed by atoms with van der Waals surface area (Å²) in [4.78, 5) is 31.7. The monoisotopic (exact) mass is 460 g/mol. The lowest BCUT2D eigenvalue weighted by Crippen LogP contribution is -2.36. The number of H-pyrrole nitrogens is 1. The van der Waals surface area contributed by atoms with Crippen molar-refractivity contribution in [3.63, 3.8) is 0 Å². The molecule has 178 valence electrons. The Kier molecular flexibility index (Phi) is 6.80. The van der Waals surface area contributed by atoms with Crippen molar-refractivity contribution in [2.75, 3.05) is 25.1 Å². The van der Waals surface area contributed by atoms with Gasteiger partial charge in [-0.1, -0.05) is 5.92 Å². The quantitative estimate of drug-likeness (QED) is 0.454. The number of anilines is 1. The van der Waals surface area contributed by atoms with Gasteiger partial charge in [-0.3, -0.25) is 9.59 Å². The van der Waals surface area contributed by atoms with Crippen molar-refractivity contribution in [1.82, 2.24) is 10.3 Å². The number of hydrogen-bond donors (Lipinski definition) is 3. The highest BCUT2D eigenvalue weighted by Gasteiger charge is 2.36. The van der Waals surface area contributed by atoms with E-state index in [-0.39, 0.29) is 24.4 Å². The zero-order valence-electron chi connectivity index (χ0n) is 20.0. The number of methoxy groups -OCH3 is 1. The Morgan fingerprint density at radius 1 is 1.29 bits per heavy atom. The molecule has 0 radical (unpaired) electrons. The van der Waals surface area contributed by atoms with Crippen molar-refractivity contribution in [2.24, 2.45) is 11.7 Å². The Labute approximate surface area is 200 Å². The molecule has 1 saturated carbocycles. The second-order valence-electron chi connectivity index (χ2n) is 9.26. The highest BCUT2D eigenvalue weighted by Crippen LogP contribution is 2.43. The van der Waals surface area contributed by atoms with E-state index in [2.05, 4.69) is 22.3 Å². The van der Waals surface area contributed by atoms with Gasteiger partial charge in [0.2, 0.25) is 0 Å². The lowest BCUT2D eigenvalue weighted by atomic mass is 9.86. The Morgan fingerprint density at radius 3 is 2.65 bits per heavy atom. The van der Waals surface area contributed by atoms with Gasteiger partial charge in [-0.25, -0.2) is 0 Å². The second kappa shape index (κ2) is 9.78. The van der Waals surface area contributed by atoms with Crippen LogP contribution in [0.2, 0.25) is 0 Å². The van der Waals surface area contributed by atoms with Crippen molar-refractivity contribution in [3.05, 3.63) is 46.3 Å². The second-order valence-corrected chi connectivity index (χ2v) is 9.26. The molecule has 1 aliphatic heterocycles. The zero-order chi connectivity index (χ0) is 24.4. The summed E-state index contributed by atoms with van der Waals surface area (Å²) in [5, 5.41) is 2.70. The number of nitrogens with one attached hydrogen (secondary N) is 2. The molecule has 1 fully saturated rings. The van der Waals surface area contributed by atoms with Gasteiger partial charge in [0.25, 0.3) is 11.8 Å². The smallest absolute Gasteiger partial charge is 0.259 e. The highest BCUT2D eigenvalue weighted by molar-refractivity contribution is 6.36. The minimum Gasteiger partial charge on any atom is -0.496 e. The third-order valence-corrected chi connectivity index (χ3v) is 6.78. The normalized spacial score (nSPS) is 20.9. The van der Waals surface area contributed by atoms with Crippen molar-refractivity contribution >= 4 is 29.2 Å². The number of amides is 2. The fourth-order valence-electron chi connectivity index (χ4n) is 4.94. The van der Waals surface area contributed by atoms with Crippen LogP contribution in [-0.2, 0) is 4.79 Å². The van der Waals surface area contributed by atoms with Crippen molar-refractivity contribution < 1.29 is 14.3 Å². The Balaban J connectivity index is 1.79. The molecule has 2 aliphatic rings. The van der Waals surface area contributed by atoms with E-state index in [0.717, 1.165) is 53.9 Å². The van der Waals surface area contributed by atoms with Crippen LogP contribution in [0.1, 0.15) is 58.6 Å². The first-order valence-electron chi connectivity index (χ1n) is 11.7. The summed E-state index contributed by atoms with van der Waals surface area (Å²) >= 11 is 0. The van der Waals surface area contributed by atoms with Crippen LogP contribution in [-0.4, -0.2) is 43.0 Å². The van der Waals surface area contributed by atoms with Crippen LogP contribution in [0, 0.1) is 32.1 Å². The number of benzene rings is 1. The number of aromatic amines is 1. The predicted octanol–water partition coefficient (Wildman–Crippen LogP) is 3.41. The zero-order valence-corrected chi connectivity index (χ0v) is 20.0. The molecule has 7 heteroatoms. The maximum Gasteiger partial charge on any atom is 0.259 e. The lowest BCUT2D eigenvalue weighted by molar-refractivity contribution is -0.113. The molecule has 2 amide bonds. The minimum atomic E-state index is -0.332. The Morgan fingerprint density at radius 2 is 2.03 bits per heavy atom. The molecule has 0 bridgehead atoms. The molecule has 1 aliphatic carbocycles. The maximum absolute atomic E-state index is 13.7. The maximum atomic E-state index is 13.7. The van der Waals surface area contributed by atoms with Crippen molar-refractivity contribution in [2.45, 2.75) is 45.6 Å². The van der Waals surface area contributed by atoms with Gasteiger partial charge in [0, 0.05) is 29.5 Å². The van der Waals surface area contributed by atoms with Crippen LogP contribution in [0.15, 0.2) is 18.2 Å². The van der Waals surface area contributed by atoms with Crippen LogP contribution < -0.4 is 20.7 Å². The number of aryl methyl sites for hydroxylation is 2. The van der Waals surface area contributed by atoms with E-state index in [0.29, 0.717) is 29.3 Å². The van der Waals surface area contributed by atoms with E-state index in [9.17, 15) is 9.59 Å². The van der Waals surface area contributed by atoms with Gasteiger partial charge in [0.1, 0.15) is 5.75 Å². The van der Waals surface area contributed by atoms with Gasteiger partial charge in [-0.15, -0.1) is 6.42 Å². The fourth-order valence-corrected chi connectivity index (χ4v) is 4.94. The molecular weight excluding hydrogens is 428 g/mol. The summed E-state index contributed by atoms with van der Waals surface area (Å²) in [6.45, 7) is 4.71.